The van der Waals surface area contributed by atoms with Crippen LogP contribution in [0.1, 0.15) is 22.7 Å². The van der Waals surface area contributed by atoms with Crippen LogP contribution in [0.3, 0.4) is 0 Å². The number of amides is 1. The zero-order chi connectivity index (χ0) is 19.8. The molecule has 5 heteroatoms. The number of ether oxygens (including phenoxy) is 2. The molecule has 0 fully saturated rings. The molecule has 0 bridgehead atoms. The van der Waals surface area contributed by atoms with Crippen LogP contribution in [-0.4, -0.2) is 19.6 Å². The highest BCUT2D eigenvalue weighted by Crippen LogP contribution is 2.28. The fourth-order valence-electron chi connectivity index (χ4n) is 2.85. The van der Waals surface area contributed by atoms with Crippen LogP contribution in [0.15, 0.2) is 78.9 Å². The van der Waals surface area contributed by atoms with Crippen molar-refractivity contribution in [2.45, 2.75) is 6.04 Å². The molecule has 0 aliphatic carbocycles. The lowest BCUT2D eigenvalue weighted by molar-refractivity contribution is -0.123. The number of nitrogens with one attached hydrogen (secondary N) is 1. The number of hydrogen-bond donors (Lipinski definition) is 1. The van der Waals surface area contributed by atoms with E-state index in [4.69, 9.17) is 14.7 Å². The van der Waals surface area contributed by atoms with E-state index in [1.807, 2.05) is 66.7 Å². The average molecular weight is 372 g/mol. The van der Waals surface area contributed by atoms with Gasteiger partial charge >= 0.3 is 0 Å². The minimum Gasteiger partial charge on any atom is -0.493 e. The summed E-state index contributed by atoms with van der Waals surface area (Å²) in [5, 5.41) is 12.0. The maximum absolute atomic E-state index is 12.6. The zero-order valence-electron chi connectivity index (χ0n) is 15.5. The topological polar surface area (TPSA) is 71.3 Å². The van der Waals surface area contributed by atoms with E-state index in [9.17, 15) is 4.79 Å². The molecular weight excluding hydrogens is 352 g/mol. The monoisotopic (exact) mass is 372 g/mol. The number of benzene rings is 3. The van der Waals surface area contributed by atoms with Crippen LogP contribution in [0.2, 0.25) is 0 Å². The van der Waals surface area contributed by atoms with E-state index in [0.29, 0.717) is 17.1 Å². The molecule has 0 saturated carbocycles. The molecule has 0 heterocycles. The van der Waals surface area contributed by atoms with E-state index in [1.54, 1.807) is 18.2 Å². The largest absolute Gasteiger partial charge is 0.493 e. The highest BCUT2D eigenvalue weighted by Gasteiger charge is 2.17. The van der Waals surface area contributed by atoms with E-state index in [2.05, 4.69) is 5.32 Å². The first-order valence-electron chi connectivity index (χ1n) is 8.81. The summed E-state index contributed by atoms with van der Waals surface area (Å²) in [4.78, 5) is 12.6. The zero-order valence-corrected chi connectivity index (χ0v) is 15.5. The SMILES string of the molecule is COc1cc(C#N)ccc1OCC(=O)NC(c1ccccc1)c1ccccc1. The molecule has 3 aromatic rings. The van der Waals surface area contributed by atoms with Crippen LogP contribution < -0.4 is 14.8 Å². The van der Waals surface area contributed by atoms with Crippen LogP contribution in [-0.2, 0) is 4.79 Å². The molecule has 1 N–H and O–H groups in total. The van der Waals surface area contributed by atoms with Crippen LogP contribution >= 0.6 is 0 Å². The predicted molar refractivity (Wildman–Crippen MR) is 106 cm³/mol. The molecule has 3 rings (SSSR count). The van der Waals surface area contributed by atoms with Gasteiger partial charge in [0.05, 0.1) is 24.8 Å². The Morgan fingerprint density at radius 3 is 2.11 bits per heavy atom. The minimum atomic E-state index is -0.277. The van der Waals surface area contributed by atoms with Crippen molar-refractivity contribution in [3.05, 3.63) is 95.6 Å². The number of methoxy groups -OCH3 is 1. The Bertz CT molecular complexity index is 927. The van der Waals surface area contributed by atoms with Gasteiger partial charge < -0.3 is 14.8 Å². The summed E-state index contributed by atoms with van der Waals surface area (Å²) >= 11 is 0. The van der Waals surface area contributed by atoms with Crippen LogP contribution in [0.25, 0.3) is 0 Å². The molecule has 5 nitrogen and oxygen atoms in total. The van der Waals surface area contributed by atoms with E-state index in [-0.39, 0.29) is 18.6 Å². The Balaban J connectivity index is 1.72. The Morgan fingerprint density at radius 2 is 1.57 bits per heavy atom. The number of nitriles is 1. The molecule has 0 radical (unpaired) electrons. The number of carbonyl (C=O) groups is 1. The summed E-state index contributed by atoms with van der Waals surface area (Å²) in [7, 11) is 1.49. The summed E-state index contributed by atoms with van der Waals surface area (Å²) in [6.07, 6.45) is 0. The molecule has 0 spiro atoms. The number of hydrogen-bond acceptors (Lipinski definition) is 4. The molecule has 140 valence electrons. The van der Waals surface area contributed by atoms with Gasteiger partial charge in [0.15, 0.2) is 18.1 Å². The van der Waals surface area contributed by atoms with Gasteiger partial charge in [-0.2, -0.15) is 5.26 Å². The first-order chi connectivity index (χ1) is 13.7. The molecule has 28 heavy (non-hydrogen) atoms. The van der Waals surface area contributed by atoms with Gasteiger partial charge in [-0.3, -0.25) is 4.79 Å². The lowest BCUT2D eigenvalue weighted by atomic mass is 9.99. The van der Waals surface area contributed by atoms with Gasteiger partial charge in [0.25, 0.3) is 5.91 Å². The van der Waals surface area contributed by atoms with Crippen LogP contribution in [0.4, 0.5) is 0 Å². The average Bonchev–Trinajstić information content (AvgIpc) is 2.77. The summed E-state index contributed by atoms with van der Waals surface area (Å²) in [6.45, 7) is -0.168. The summed E-state index contributed by atoms with van der Waals surface area (Å²) in [6, 6.07) is 26.1. The van der Waals surface area contributed by atoms with Crippen molar-refractivity contribution < 1.29 is 14.3 Å². The maximum atomic E-state index is 12.6. The molecule has 0 atom stereocenters. The van der Waals surface area contributed by atoms with Crippen molar-refractivity contribution in [1.82, 2.24) is 5.32 Å². The van der Waals surface area contributed by atoms with E-state index in [0.717, 1.165) is 11.1 Å². The molecule has 0 unspecified atom stereocenters. The second-order valence-corrected chi connectivity index (χ2v) is 6.09. The Morgan fingerprint density at radius 1 is 0.964 bits per heavy atom. The maximum Gasteiger partial charge on any atom is 0.258 e. The van der Waals surface area contributed by atoms with Crippen molar-refractivity contribution in [3.8, 4) is 17.6 Å². The first kappa shape index (κ1) is 19.0. The smallest absolute Gasteiger partial charge is 0.258 e. The third-order valence-corrected chi connectivity index (χ3v) is 4.22. The molecular formula is C23H20N2O3. The van der Waals surface area contributed by atoms with E-state index < -0.39 is 0 Å². The molecule has 0 aromatic heterocycles. The fourth-order valence-corrected chi connectivity index (χ4v) is 2.85. The van der Waals surface area contributed by atoms with Crippen molar-refractivity contribution >= 4 is 5.91 Å². The molecule has 3 aromatic carbocycles. The van der Waals surface area contributed by atoms with Gasteiger partial charge in [-0.25, -0.2) is 0 Å². The van der Waals surface area contributed by atoms with Gasteiger partial charge in [-0.15, -0.1) is 0 Å². The standard InChI is InChI=1S/C23H20N2O3/c1-27-21-14-17(15-24)12-13-20(21)28-16-22(26)25-23(18-8-4-2-5-9-18)19-10-6-3-7-11-19/h2-14,23H,16H2,1H3,(H,25,26). The molecule has 0 aliphatic heterocycles. The van der Waals surface area contributed by atoms with E-state index >= 15 is 0 Å². The van der Waals surface area contributed by atoms with Crippen molar-refractivity contribution in [2.24, 2.45) is 0 Å². The Labute approximate surface area is 164 Å². The van der Waals surface area contributed by atoms with Crippen molar-refractivity contribution in [2.75, 3.05) is 13.7 Å². The lowest BCUT2D eigenvalue weighted by Gasteiger charge is -2.20. The third kappa shape index (κ3) is 4.68. The minimum absolute atomic E-state index is 0.168. The normalized spacial score (nSPS) is 10.2. The number of nitrogens with zero attached hydrogens (tertiary/aromatic N) is 1. The Hall–Kier alpha value is -3.78. The summed E-state index contributed by atoms with van der Waals surface area (Å²) in [5.74, 6) is 0.561. The lowest BCUT2D eigenvalue weighted by Crippen LogP contribution is -2.33. The van der Waals surface area contributed by atoms with Crippen molar-refractivity contribution in [3.63, 3.8) is 0 Å². The number of carbonyl (C=O) groups excluding carboxylic acids is 1. The second-order valence-electron chi connectivity index (χ2n) is 6.09. The third-order valence-electron chi connectivity index (χ3n) is 4.22. The van der Waals surface area contributed by atoms with Gasteiger partial charge in [-0.1, -0.05) is 60.7 Å². The van der Waals surface area contributed by atoms with Crippen LogP contribution in [0.5, 0.6) is 11.5 Å². The highest BCUT2D eigenvalue weighted by atomic mass is 16.5. The second kappa shape index (κ2) is 9.24. The van der Waals surface area contributed by atoms with Gasteiger partial charge in [0, 0.05) is 6.07 Å². The number of rotatable bonds is 7. The summed E-state index contributed by atoms with van der Waals surface area (Å²) < 4.78 is 10.8. The quantitative estimate of drug-likeness (QED) is 0.684. The fraction of sp³-hybridized carbons (Fsp3) is 0.130. The predicted octanol–water partition coefficient (Wildman–Crippen LogP) is 3.85. The molecule has 0 saturated heterocycles. The van der Waals surface area contributed by atoms with Gasteiger partial charge in [-0.05, 0) is 23.3 Å². The van der Waals surface area contributed by atoms with Crippen molar-refractivity contribution in [1.29, 1.82) is 5.26 Å². The molecule has 1 amide bonds. The van der Waals surface area contributed by atoms with Gasteiger partial charge in [0.2, 0.25) is 0 Å². The van der Waals surface area contributed by atoms with Gasteiger partial charge in [0.1, 0.15) is 0 Å². The Kier molecular flexibility index (Phi) is 6.27. The molecule has 0 aliphatic rings. The summed E-state index contributed by atoms with van der Waals surface area (Å²) in [5.41, 5.74) is 2.43. The highest BCUT2D eigenvalue weighted by molar-refractivity contribution is 5.78. The van der Waals surface area contributed by atoms with E-state index in [1.165, 1.54) is 7.11 Å². The first-order valence-corrected chi connectivity index (χ1v) is 8.81. The van der Waals surface area contributed by atoms with Crippen LogP contribution in [0, 0.1) is 11.3 Å².